The summed E-state index contributed by atoms with van der Waals surface area (Å²) in [6.45, 7) is -3.89. The first kappa shape index (κ1) is 21.1. The average molecular weight is 433 g/mol. The third-order valence-corrected chi connectivity index (χ3v) is 3.82. The Kier molecular flexibility index (Phi) is 5.94. The summed E-state index contributed by atoms with van der Waals surface area (Å²) in [5, 5.41) is 6.06. The lowest BCUT2D eigenvalue weighted by atomic mass is 10.1. The monoisotopic (exact) mass is 433 g/mol. The van der Waals surface area contributed by atoms with E-state index in [0.717, 1.165) is 16.9 Å². The van der Waals surface area contributed by atoms with Crippen LogP contribution in [0.1, 0.15) is 15.9 Å². The minimum Gasteiger partial charge on any atom is -0.435 e. The molecule has 0 bridgehead atoms. The first-order valence-corrected chi connectivity index (χ1v) is 8.07. The van der Waals surface area contributed by atoms with Gasteiger partial charge < -0.3 is 10.1 Å². The summed E-state index contributed by atoms with van der Waals surface area (Å²) >= 11 is 0. The number of aromatic nitrogens is 2. The van der Waals surface area contributed by atoms with E-state index in [9.17, 15) is 35.5 Å². The zero-order valence-corrected chi connectivity index (χ0v) is 14.6. The molecule has 3 rings (SSSR count). The maximum Gasteiger partial charge on any atom is 0.387 e. The summed E-state index contributed by atoms with van der Waals surface area (Å²) in [5.41, 5.74) is -1.16. The molecule has 0 fully saturated rings. The largest absolute Gasteiger partial charge is 0.435 e. The van der Waals surface area contributed by atoms with Crippen molar-refractivity contribution >= 4 is 11.7 Å². The van der Waals surface area contributed by atoms with Gasteiger partial charge in [0.1, 0.15) is 5.75 Å². The first-order chi connectivity index (χ1) is 14.2. The fraction of sp³-hybridized carbons (Fsp3) is 0.111. The summed E-state index contributed by atoms with van der Waals surface area (Å²) in [4.78, 5) is 12.2. The number of hydrogen-bond donors (Lipinski definition) is 1. The predicted molar refractivity (Wildman–Crippen MR) is 88.6 cm³/mol. The summed E-state index contributed by atoms with van der Waals surface area (Å²) in [6, 6.07) is 6.06. The van der Waals surface area contributed by atoms with Crippen molar-refractivity contribution in [2.45, 2.75) is 13.2 Å². The summed E-state index contributed by atoms with van der Waals surface area (Å²) in [5.74, 6) is -11.6. The molecule has 0 aliphatic carbocycles. The van der Waals surface area contributed by atoms with Crippen LogP contribution in [0, 0.1) is 29.1 Å². The Bertz CT molecular complexity index is 1070. The van der Waals surface area contributed by atoms with Crippen molar-refractivity contribution in [3.05, 3.63) is 76.7 Å². The predicted octanol–water partition coefficient (Wildman–Crippen LogP) is 4.48. The molecule has 12 heteroatoms. The van der Waals surface area contributed by atoms with Crippen molar-refractivity contribution in [3.63, 3.8) is 0 Å². The van der Waals surface area contributed by atoms with E-state index in [-0.39, 0.29) is 17.1 Å². The average Bonchev–Trinajstić information content (AvgIpc) is 3.15. The molecule has 5 nitrogen and oxygen atoms in total. The molecular formula is C18H10F7N3O2. The number of amides is 1. The number of halogens is 7. The van der Waals surface area contributed by atoms with Crippen molar-refractivity contribution in [3.8, 4) is 5.75 Å². The molecule has 158 valence electrons. The van der Waals surface area contributed by atoms with Crippen LogP contribution in [0.5, 0.6) is 5.75 Å². The third kappa shape index (κ3) is 4.36. The number of carbonyl (C=O) groups is 1. The maximum atomic E-state index is 13.8. The number of alkyl halides is 2. The second kappa shape index (κ2) is 8.43. The van der Waals surface area contributed by atoms with E-state index in [0.29, 0.717) is 0 Å². The van der Waals surface area contributed by atoms with Crippen molar-refractivity contribution in [2.75, 3.05) is 5.32 Å². The van der Waals surface area contributed by atoms with E-state index < -0.39 is 53.7 Å². The van der Waals surface area contributed by atoms with Gasteiger partial charge in [0, 0.05) is 17.8 Å². The van der Waals surface area contributed by atoms with Crippen LogP contribution >= 0.6 is 0 Å². The summed E-state index contributed by atoms with van der Waals surface area (Å²) in [7, 11) is 0. The third-order valence-electron chi connectivity index (χ3n) is 3.82. The molecule has 0 atom stereocenters. The van der Waals surface area contributed by atoms with E-state index in [4.69, 9.17) is 0 Å². The molecular weight excluding hydrogens is 423 g/mol. The summed E-state index contributed by atoms with van der Waals surface area (Å²) in [6.07, 6.45) is 1.13. The molecule has 0 saturated carbocycles. The van der Waals surface area contributed by atoms with Gasteiger partial charge in [-0.05, 0) is 18.2 Å². The van der Waals surface area contributed by atoms with Crippen molar-refractivity contribution in [1.82, 2.24) is 9.78 Å². The van der Waals surface area contributed by atoms with Gasteiger partial charge in [0.05, 0.1) is 12.1 Å². The van der Waals surface area contributed by atoms with E-state index in [1.165, 1.54) is 24.3 Å². The number of benzene rings is 2. The van der Waals surface area contributed by atoms with Crippen LogP contribution in [0.2, 0.25) is 0 Å². The van der Waals surface area contributed by atoms with Gasteiger partial charge in [-0.3, -0.25) is 9.48 Å². The number of nitrogens with one attached hydrogen (secondary N) is 1. The number of rotatable bonds is 6. The van der Waals surface area contributed by atoms with Gasteiger partial charge >= 0.3 is 6.61 Å². The molecule has 1 N–H and O–H groups in total. The molecule has 0 radical (unpaired) electrons. The van der Waals surface area contributed by atoms with Crippen LogP contribution in [0.4, 0.5) is 36.6 Å². The Morgan fingerprint density at radius 1 is 1.00 bits per heavy atom. The van der Waals surface area contributed by atoms with Crippen LogP contribution < -0.4 is 10.1 Å². The van der Waals surface area contributed by atoms with Gasteiger partial charge in [0.15, 0.2) is 29.1 Å². The van der Waals surface area contributed by atoms with Crippen molar-refractivity contribution < 1.29 is 40.3 Å². The standard InChI is InChI=1S/C18H10F7N3O2/c19-12-10(13(20)15(22)16(23)14(12)21)7-28-5-4-11(27-28)26-17(29)8-2-1-3-9(6-8)30-18(24)25/h1-6,18H,7H2,(H,26,27,29). The number of nitrogens with zero attached hydrogens (tertiary/aromatic N) is 2. The highest BCUT2D eigenvalue weighted by Crippen LogP contribution is 2.24. The van der Waals surface area contributed by atoms with Gasteiger partial charge in [0.2, 0.25) is 5.82 Å². The Hall–Kier alpha value is -3.57. The second-order valence-corrected chi connectivity index (χ2v) is 5.81. The molecule has 0 unspecified atom stereocenters. The molecule has 0 saturated heterocycles. The highest BCUT2D eigenvalue weighted by Gasteiger charge is 2.26. The number of carbonyl (C=O) groups excluding carboxylic acids is 1. The van der Waals surface area contributed by atoms with Crippen LogP contribution in [-0.4, -0.2) is 22.3 Å². The molecule has 0 spiro atoms. The van der Waals surface area contributed by atoms with Gasteiger partial charge in [-0.25, -0.2) is 22.0 Å². The quantitative estimate of drug-likeness (QED) is 0.354. The molecule has 0 aliphatic rings. The fourth-order valence-corrected chi connectivity index (χ4v) is 2.47. The topological polar surface area (TPSA) is 56.2 Å². The van der Waals surface area contributed by atoms with E-state index >= 15 is 0 Å². The van der Waals surface area contributed by atoms with Crippen LogP contribution in [0.15, 0.2) is 36.5 Å². The minimum atomic E-state index is -3.08. The van der Waals surface area contributed by atoms with Gasteiger partial charge in [-0.15, -0.1) is 0 Å². The van der Waals surface area contributed by atoms with Gasteiger partial charge in [0.25, 0.3) is 5.91 Å². The Balaban J connectivity index is 1.76. The highest BCUT2D eigenvalue weighted by molar-refractivity contribution is 6.03. The van der Waals surface area contributed by atoms with E-state index in [1.54, 1.807) is 0 Å². The minimum absolute atomic E-state index is 0.0533. The van der Waals surface area contributed by atoms with Gasteiger partial charge in [-0.2, -0.15) is 13.9 Å². The normalized spacial score (nSPS) is 11.1. The smallest absolute Gasteiger partial charge is 0.387 e. The highest BCUT2D eigenvalue weighted by atomic mass is 19.3. The van der Waals surface area contributed by atoms with Crippen LogP contribution in [0.3, 0.4) is 0 Å². The molecule has 0 aliphatic heterocycles. The molecule has 1 amide bonds. The zero-order valence-electron chi connectivity index (χ0n) is 14.6. The lowest BCUT2D eigenvalue weighted by Gasteiger charge is -2.08. The Labute approximate surface area is 163 Å². The Morgan fingerprint density at radius 3 is 2.27 bits per heavy atom. The SMILES string of the molecule is O=C(Nc1ccn(Cc2c(F)c(F)c(F)c(F)c2F)n1)c1cccc(OC(F)F)c1. The van der Waals surface area contributed by atoms with Gasteiger partial charge in [-0.1, -0.05) is 6.07 Å². The van der Waals surface area contributed by atoms with Crippen molar-refractivity contribution in [2.24, 2.45) is 0 Å². The fourth-order valence-electron chi connectivity index (χ4n) is 2.47. The molecule has 3 aromatic rings. The molecule has 2 aromatic carbocycles. The molecule has 30 heavy (non-hydrogen) atoms. The van der Waals surface area contributed by atoms with Crippen LogP contribution in [-0.2, 0) is 6.54 Å². The first-order valence-electron chi connectivity index (χ1n) is 8.07. The lowest BCUT2D eigenvalue weighted by molar-refractivity contribution is -0.0498. The van der Waals surface area contributed by atoms with E-state index in [1.807, 2.05) is 0 Å². The van der Waals surface area contributed by atoms with E-state index in [2.05, 4.69) is 15.2 Å². The Morgan fingerprint density at radius 2 is 1.63 bits per heavy atom. The number of hydrogen-bond acceptors (Lipinski definition) is 3. The molecule has 1 heterocycles. The number of ether oxygens (including phenoxy) is 1. The van der Waals surface area contributed by atoms with Crippen molar-refractivity contribution in [1.29, 1.82) is 0 Å². The summed E-state index contributed by atoms with van der Waals surface area (Å²) < 4.78 is 96.7. The van der Waals surface area contributed by atoms with Crippen LogP contribution in [0.25, 0.3) is 0 Å². The number of anilines is 1. The lowest BCUT2D eigenvalue weighted by Crippen LogP contribution is -2.14. The molecule has 1 aromatic heterocycles. The second-order valence-electron chi connectivity index (χ2n) is 5.81. The maximum absolute atomic E-state index is 13.8. The zero-order chi connectivity index (χ0) is 22.0.